The standard InChI is InChI=1S/C20H28N4/c1-21-20(22-11-14-24-12-5-2-6-13-24)23-16-17-9-10-18-7-3-4-8-19(18)15-17/h3-4,7-10,15H,2,5-6,11-14,16H2,1H3,(H2,21,22,23). The molecular formula is C20H28N4. The topological polar surface area (TPSA) is 39.7 Å². The summed E-state index contributed by atoms with van der Waals surface area (Å²) in [6, 6.07) is 15.1. The predicted octanol–water partition coefficient (Wildman–Crippen LogP) is 2.99. The first-order chi connectivity index (χ1) is 11.8. The molecule has 4 heteroatoms. The molecule has 0 atom stereocenters. The highest BCUT2D eigenvalue weighted by atomic mass is 15.2. The zero-order valence-corrected chi connectivity index (χ0v) is 14.6. The van der Waals surface area contributed by atoms with Crippen LogP contribution in [0.1, 0.15) is 24.8 Å². The summed E-state index contributed by atoms with van der Waals surface area (Å²) in [6.45, 7) is 5.30. The minimum atomic E-state index is 0.786. The van der Waals surface area contributed by atoms with E-state index >= 15 is 0 Å². The van der Waals surface area contributed by atoms with Crippen LogP contribution in [0.3, 0.4) is 0 Å². The average molecular weight is 324 g/mol. The molecule has 0 unspecified atom stereocenters. The van der Waals surface area contributed by atoms with E-state index in [1.807, 2.05) is 7.05 Å². The third-order valence-electron chi connectivity index (χ3n) is 4.67. The van der Waals surface area contributed by atoms with Gasteiger partial charge in [0.05, 0.1) is 0 Å². The van der Waals surface area contributed by atoms with Gasteiger partial charge in [-0.1, -0.05) is 42.8 Å². The SMILES string of the molecule is CN=C(NCCN1CCCCC1)NCc1ccc2ccccc2c1. The van der Waals surface area contributed by atoms with E-state index in [1.54, 1.807) is 0 Å². The van der Waals surface area contributed by atoms with E-state index in [1.165, 1.54) is 48.7 Å². The molecule has 1 fully saturated rings. The fourth-order valence-corrected chi connectivity index (χ4v) is 3.27. The van der Waals surface area contributed by atoms with Gasteiger partial charge in [0, 0.05) is 26.7 Å². The summed E-state index contributed by atoms with van der Waals surface area (Å²) in [5.41, 5.74) is 1.27. The summed E-state index contributed by atoms with van der Waals surface area (Å²) < 4.78 is 0. The van der Waals surface area contributed by atoms with Crippen LogP contribution >= 0.6 is 0 Å². The van der Waals surface area contributed by atoms with E-state index in [9.17, 15) is 0 Å². The number of nitrogens with zero attached hydrogens (tertiary/aromatic N) is 2. The molecule has 0 saturated carbocycles. The molecule has 2 aromatic rings. The van der Waals surface area contributed by atoms with Crippen LogP contribution in [0, 0.1) is 0 Å². The lowest BCUT2D eigenvalue weighted by molar-refractivity contribution is 0.232. The van der Waals surface area contributed by atoms with Crippen LogP contribution in [0.25, 0.3) is 10.8 Å². The zero-order chi connectivity index (χ0) is 16.6. The van der Waals surface area contributed by atoms with Crippen molar-refractivity contribution < 1.29 is 0 Å². The molecular weight excluding hydrogens is 296 g/mol. The number of benzene rings is 2. The van der Waals surface area contributed by atoms with Gasteiger partial charge in [-0.05, 0) is 48.3 Å². The highest BCUT2D eigenvalue weighted by Crippen LogP contribution is 2.15. The third kappa shape index (κ3) is 4.71. The minimum absolute atomic E-state index is 0.786. The largest absolute Gasteiger partial charge is 0.355 e. The summed E-state index contributed by atoms with van der Waals surface area (Å²) in [7, 11) is 1.83. The Balaban J connectivity index is 1.46. The fraction of sp³-hybridized carbons (Fsp3) is 0.450. The maximum atomic E-state index is 4.32. The Bertz CT molecular complexity index is 674. The number of guanidine groups is 1. The normalized spacial score (nSPS) is 16.3. The molecule has 0 aromatic heterocycles. The second-order valence-electron chi connectivity index (χ2n) is 6.44. The predicted molar refractivity (Wildman–Crippen MR) is 102 cm³/mol. The van der Waals surface area contributed by atoms with Crippen molar-refractivity contribution in [2.45, 2.75) is 25.8 Å². The highest BCUT2D eigenvalue weighted by Gasteiger charge is 2.09. The number of likely N-dealkylation sites (tertiary alicyclic amines) is 1. The van der Waals surface area contributed by atoms with Gasteiger partial charge in [-0.15, -0.1) is 0 Å². The molecule has 0 radical (unpaired) electrons. The number of nitrogens with one attached hydrogen (secondary N) is 2. The van der Waals surface area contributed by atoms with Crippen molar-refractivity contribution in [2.75, 3.05) is 33.2 Å². The molecule has 24 heavy (non-hydrogen) atoms. The van der Waals surface area contributed by atoms with Crippen LogP contribution < -0.4 is 10.6 Å². The van der Waals surface area contributed by atoms with Gasteiger partial charge >= 0.3 is 0 Å². The number of rotatable bonds is 5. The van der Waals surface area contributed by atoms with E-state index in [0.29, 0.717) is 0 Å². The minimum Gasteiger partial charge on any atom is -0.355 e. The average Bonchev–Trinajstić information content (AvgIpc) is 2.65. The highest BCUT2D eigenvalue weighted by molar-refractivity contribution is 5.83. The van der Waals surface area contributed by atoms with E-state index in [0.717, 1.165) is 25.6 Å². The first-order valence-electron chi connectivity index (χ1n) is 9.00. The van der Waals surface area contributed by atoms with Crippen LogP contribution in [0.4, 0.5) is 0 Å². The summed E-state index contributed by atoms with van der Waals surface area (Å²) in [4.78, 5) is 6.86. The molecule has 0 spiro atoms. The van der Waals surface area contributed by atoms with Crippen molar-refractivity contribution in [3.05, 3.63) is 48.0 Å². The molecule has 0 bridgehead atoms. The van der Waals surface area contributed by atoms with Crippen molar-refractivity contribution in [1.29, 1.82) is 0 Å². The number of hydrogen-bond donors (Lipinski definition) is 2. The monoisotopic (exact) mass is 324 g/mol. The van der Waals surface area contributed by atoms with Gasteiger partial charge in [-0.2, -0.15) is 0 Å². The molecule has 1 heterocycles. The van der Waals surface area contributed by atoms with Gasteiger partial charge in [0.2, 0.25) is 0 Å². The van der Waals surface area contributed by atoms with Crippen molar-refractivity contribution in [2.24, 2.45) is 4.99 Å². The maximum Gasteiger partial charge on any atom is 0.191 e. The van der Waals surface area contributed by atoms with E-state index < -0.39 is 0 Å². The molecule has 1 aliphatic heterocycles. The van der Waals surface area contributed by atoms with Crippen molar-refractivity contribution in [3.8, 4) is 0 Å². The first-order valence-corrected chi connectivity index (χ1v) is 9.00. The Morgan fingerprint density at radius 2 is 1.79 bits per heavy atom. The second-order valence-corrected chi connectivity index (χ2v) is 6.44. The first kappa shape index (κ1) is 16.8. The van der Waals surface area contributed by atoms with Crippen molar-refractivity contribution in [1.82, 2.24) is 15.5 Å². The lowest BCUT2D eigenvalue weighted by Crippen LogP contribution is -2.42. The molecule has 2 aromatic carbocycles. The maximum absolute atomic E-state index is 4.32. The molecule has 1 saturated heterocycles. The Hall–Kier alpha value is -2.07. The van der Waals surface area contributed by atoms with Gasteiger partial charge in [0.15, 0.2) is 5.96 Å². The summed E-state index contributed by atoms with van der Waals surface area (Å²) in [6.07, 6.45) is 4.07. The van der Waals surface area contributed by atoms with Crippen LogP contribution in [-0.4, -0.2) is 44.1 Å². The van der Waals surface area contributed by atoms with E-state index in [-0.39, 0.29) is 0 Å². The number of piperidine rings is 1. The summed E-state index contributed by atoms with van der Waals surface area (Å²) in [5, 5.41) is 9.39. The Labute approximate surface area is 145 Å². The quantitative estimate of drug-likeness (QED) is 0.656. The second kappa shape index (κ2) is 8.69. The number of hydrogen-bond acceptors (Lipinski definition) is 2. The van der Waals surface area contributed by atoms with Gasteiger partial charge < -0.3 is 15.5 Å². The fourth-order valence-electron chi connectivity index (χ4n) is 3.27. The molecule has 128 valence electrons. The summed E-state index contributed by atoms with van der Waals surface area (Å²) >= 11 is 0. The zero-order valence-electron chi connectivity index (χ0n) is 14.6. The molecule has 0 amide bonds. The van der Waals surface area contributed by atoms with Gasteiger partial charge in [0.1, 0.15) is 0 Å². The van der Waals surface area contributed by atoms with E-state index in [2.05, 4.69) is 63.0 Å². The smallest absolute Gasteiger partial charge is 0.191 e. The third-order valence-corrected chi connectivity index (χ3v) is 4.67. The molecule has 4 nitrogen and oxygen atoms in total. The molecule has 0 aliphatic carbocycles. The molecule has 3 rings (SSSR count). The van der Waals surface area contributed by atoms with Crippen molar-refractivity contribution in [3.63, 3.8) is 0 Å². The Morgan fingerprint density at radius 3 is 2.58 bits per heavy atom. The summed E-state index contributed by atoms with van der Waals surface area (Å²) in [5.74, 6) is 0.875. The van der Waals surface area contributed by atoms with Crippen LogP contribution in [0.15, 0.2) is 47.5 Å². The Kier molecular flexibility index (Phi) is 6.07. The number of fused-ring (bicyclic) bond motifs is 1. The van der Waals surface area contributed by atoms with Crippen LogP contribution in [0.2, 0.25) is 0 Å². The van der Waals surface area contributed by atoms with E-state index in [4.69, 9.17) is 0 Å². The van der Waals surface area contributed by atoms with Crippen LogP contribution in [-0.2, 0) is 6.54 Å². The number of aliphatic imine (C=N–C) groups is 1. The molecule has 2 N–H and O–H groups in total. The van der Waals surface area contributed by atoms with Crippen LogP contribution in [0.5, 0.6) is 0 Å². The Morgan fingerprint density at radius 1 is 1.00 bits per heavy atom. The van der Waals surface area contributed by atoms with Gasteiger partial charge in [0.25, 0.3) is 0 Å². The lowest BCUT2D eigenvalue weighted by atomic mass is 10.1. The van der Waals surface area contributed by atoms with Gasteiger partial charge in [-0.25, -0.2) is 0 Å². The van der Waals surface area contributed by atoms with Gasteiger partial charge in [-0.3, -0.25) is 4.99 Å². The van der Waals surface area contributed by atoms with Crippen molar-refractivity contribution >= 4 is 16.7 Å². The lowest BCUT2D eigenvalue weighted by Gasteiger charge is -2.26. The molecule has 1 aliphatic rings.